The van der Waals surface area contributed by atoms with Crippen molar-refractivity contribution in [2.75, 3.05) is 25.6 Å². The number of ether oxygens (including phenoxy) is 2. The van der Waals surface area contributed by atoms with Crippen molar-refractivity contribution < 1.29 is 28.4 Å². The van der Waals surface area contributed by atoms with Gasteiger partial charge in [-0.25, -0.2) is 9.38 Å². The lowest BCUT2D eigenvalue weighted by molar-refractivity contribution is -0.384. The Morgan fingerprint density at radius 3 is 2.77 bits per heavy atom. The number of carbonyl (C=O) groups is 2. The van der Waals surface area contributed by atoms with Crippen molar-refractivity contribution in [3.8, 4) is 5.75 Å². The number of thioether (sulfide) groups is 1. The second-order valence-electron chi connectivity index (χ2n) is 7.96. The van der Waals surface area contributed by atoms with Crippen LogP contribution in [0.5, 0.6) is 5.75 Å². The van der Waals surface area contributed by atoms with Crippen molar-refractivity contribution in [1.29, 1.82) is 0 Å². The SMILES string of the molecule is COc1cc([N+](=O)[O-])ccc1NC(=O)C[C@H]1SC(=Nc2ccc(F)cc2)N(C[C@@H]2CCCO2)C1=O. The van der Waals surface area contributed by atoms with Crippen LogP contribution < -0.4 is 10.1 Å². The Morgan fingerprint density at radius 1 is 1.34 bits per heavy atom. The van der Waals surface area contributed by atoms with Gasteiger partial charge in [-0.05, 0) is 43.2 Å². The lowest BCUT2D eigenvalue weighted by atomic mass is 10.2. The fourth-order valence-electron chi connectivity index (χ4n) is 3.78. The summed E-state index contributed by atoms with van der Waals surface area (Å²) in [4.78, 5) is 42.4. The molecule has 2 aromatic rings. The van der Waals surface area contributed by atoms with Crippen LogP contribution in [-0.2, 0) is 14.3 Å². The minimum absolute atomic E-state index is 0.116. The zero-order valence-corrected chi connectivity index (χ0v) is 19.6. The lowest BCUT2D eigenvalue weighted by Crippen LogP contribution is -2.38. The van der Waals surface area contributed by atoms with Crippen LogP contribution in [0.2, 0.25) is 0 Å². The number of benzene rings is 2. The summed E-state index contributed by atoms with van der Waals surface area (Å²) in [5.74, 6) is -0.978. The minimum Gasteiger partial charge on any atom is -0.494 e. The number of amides is 2. The molecule has 0 aromatic heterocycles. The standard InChI is InChI=1S/C23H23FN4O6S/c1-33-19-11-16(28(31)32)8-9-18(19)26-21(29)12-20-22(30)27(13-17-3-2-10-34-17)23(35-20)25-15-6-4-14(24)5-7-15/h4-9,11,17,20H,2-3,10,12-13H2,1H3,(H,26,29)/t17-,20+/m0/s1. The highest BCUT2D eigenvalue weighted by atomic mass is 32.2. The molecule has 2 aliphatic heterocycles. The number of nitro benzene ring substituents is 1. The number of nitrogens with one attached hydrogen (secondary N) is 1. The van der Waals surface area contributed by atoms with E-state index in [-0.39, 0.29) is 35.6 Å². The number of non-ortho nitro benzene ring substituents is 1. The summed E-state index contributed by atoms with van der Waals surface area (Å²) in [6.45, 7) is 0.952. The normalized spacial score (nSPS) is 20.9. The van der Waals surface area contributed by atoms with Gasteiger partial charge in [0.25, 0.3) is 5.69 Å². The molecule has 2 amide bonds. The van der Waals surface area contributed by atoms with E-state index >= 15 is 0 Å². The molecule has 184 valence electrons. The van der Waals surface area contributed by atoms with E-state index in [1.54, 1.807) is 0 Å². The van der Waals surface area contributed by atoms with Crippen LogP contribution in [0, 0.1) is 15.9 Å². The third kappa shape index (κ3) is 5.95. The van der Waals surface area contributed by atoms with Crippen LogP contribution in [0.4, 0.5) is 21.5 Å². The molecule has 2 heterocycles. The molecule has 0 spiro atoms. The average molecular weight is 503 g/mol. The Hall–Kier alpha value is -3.51. The molecular weight excluding hydrogens is 479 g/mol. The first-order chi connectivity index (χ1) is 16.8. The van der Waals surface area contributed by atoms with Gasteiger partial charge in [0.15, 0.2) is 5.17 Å². The number of hydrogen-bond donors (Lipinski definition) is 1. The molecule has 2 aromatic carbocycles. The molecule has 2 saturated heterocycles. The first kappa shape index (κ1) is 24.6. The summed E-state index contributed by atoms with van der Waals surface area (Å²) < 4.78 is 24.1. The quantitative estimate of drug-likeness (QED) is 0.429. The maximum absolute atomic E-state index is 13.3. The van der Waals surface area contributed by atoms with Crippen molar-refractivity contribution >= 4 is 45.8 Å². The molecule has 0 saturated carbocycles. The molecule has 35 heavy (non-hydrogen) atoms. The molecule has 2 atom stereocenters. The first-order valence-corrected chi connectivity index (χ1v) is 11.8. The van der Waals surface area contributed by atoms with E-state index in [1.807, 2.05) is 0 Å². The Labute approximate surface area is 204 Å². The predicted octanol–water partition coefficient (Wildman–Crippen LogP) is 3.88. The van der Waals surface area contributed by atoms with Crippen molar-refractivity contribution in [2.45, 2.75) is 30.6 Å². The second-order valence-corrected chi connectivity index (χ2v) is 9.13. The minimum atomic E-state index is -0.723. The highest BCUT2D eigenvalue weighted by molar-refractivity contribution is 8.15. The number of hydrogen-bond acceptors (Lipinski definition) is 8. The molecule has 2 aliphatic rings. The van der Waals surface area contributed by atoms with E-state index in [0.717, 1.165) is 24.6 Å². The number of halogens is 1. The summed E-state index contributed by atoms with van der Waals surface area (Å²) in [6, 6.07) is 9.44. The number of methoxy groups -OCH3 is 1. The number of anilines is 1. The maximum atomic E-state index is 13.3. The van der Waals surface area contributed by atoms with Gasteiger partial charge in [0.1, 0.15) is 16.8 Å². The molecule has 12 heteroatoms. The van der Waals surface area contributed by atoms with E-state index in [0.29, 0.717) is 24.0 Å². The van der Waals surface area contributed by atoms with Crippen molar-refractivity contribution in [3.63, 3.8) is 0 Å². The van der Waals surface area contributed by atoms with Gasteiger partial charge in [-0.1, -0.05) is 11.8 Å². The first-order valence-electron chi connectivity index (χ1n) is 10.9. The summed E-state index contributed by atoms with van der Waals surface area (Å²) in [7, 11) is 1.34. The molecule has 0 aliphatic carbocycles. The van der Waals surface area contributed by atoms with Crippen LogP contribution in [0.1, 0.15) is 19.3 Å². The van der Waals surface area contributed by atoms with Gasteiger partial charge in [0, 0.05) is 19.1 Å². The molecule has 0 bridgehead atoms. The smallest absolute Gasteiger partial charge is 0.273 e. The van der Waals surface area contributed by atoms with Gasteiger partial charge in [-0.3, -0.25) is 24.6 Å². The van der Waals surface area contributed by atoms with Crippen LogP contribution in [0.3, 0.4) is 0 Å². The summed E-state index contributed by atoms with van der Waals surface area (Å²) in [5.41, 5.74) is 0.572. The van der Waals surface area contributed by atoms with E-state index in [2.05, 4.69) is 10.3 Å². The fourth-order valence-corrected chi connectivity index (χ4v) is 4.94. The zero-order chi connectivity index (χ0) is 24.9. The monoisotopic (exact) mass is 502 g/mol. The Bertz CT molecular complexity index is 1150. The Kier molecular flexibility index (Phi) is 7.61. The van der Waals surface area contributed by atoms with Crippen LogP contribution >= 0.6 is 11.8 Å². The summed E-state index contributed by atoms with van der Waals surface area (Å²) in [6.07, 6.45) is 1.47. The lowest BCUT2D eigenvalue weighted by Gasteiger charge is -2.20. The molecule has 0 radical (unpaired) electrons. The van der Waals surface area contributed by atoms with Crippen molar-refractivity contribution in [3.05, 3.63) is 58.4 Å². The van der Waals surface area contributed by atoms with E-state index < -0.39 is 21.9 Å². The highest BCUT2D eigenvalue weighted by Crippen LogP contribution is 2.34. The number of rotatable bonds is 8. The Morgan fingerprint density at radius 2 is 2.11 bits per heavy atom. The van der Waals surface area contributed by atoms with Gasteiger partial charge in [0.05, 0.1) is 42.1 Å². The van der Waals surface area contributed by atoms with Crippen LogP contribution in [0.15, 0.2) is 47.5 Å². The summed E-state index contributed by atoms with van der Waals surface area (Å²) >= 11 is 1.16. The zero-order valence-electron chi connectivity index (χ0n) is 18.8. The largest absolute Gasteiger partial charge is 0.494 e. The molecular formula is C23H23FN4O6S. The van der Waals surface area contributed by atoms with Gasteiger partial charge < -0.3 is 14.8 Å². The van der Waals surface area contributed by atoms with E-state index in [4.69, 9.17) is 9.47 Å². The number of amidine groups is 1. The molecule has 0 unspecified atom stereocenters. The number of nitrogens with zero attached hydrogens (tertiary/aromatic N) is 3. The van der Waals surface area contributed by atoms with Crippen molar-refractivity contribution in [1.82, 2.24) is 4.90 Å². The molecule has 1 N–H and O–H groups in total. The van der Waals surface area contributed by atoms with E-state index in [1.165, 1.54) is 54.5 Å². The summed E-state index contributed by atoms with van der Waals surface area (Å²) in [5, 5.41) is 13.3. The predicted molar refractivity (Wildman–Crippen MR) is 128 cm³/mol. The van der Waals surface area contributed by atoms with Gasteiger partial charge in [0.2, 0.25) is 11.8 Å². The van der Waals surface area contributed by atoms with Gasteiger partial charge >= 0.3 is 0 Å². The van der Waals surface area contributed by atoms with Crippen LogP contribution in [0.25, 0.3) is 0 Å². The van der Waals surface area contributed by atoms with Gasteiger partial charge in [-0.2, -0.15) is 0 Å². The second kappa shape index (κ2) is 10.8. The fraction of sp³-hybridized carbons (Fsp3) is 0.348. The molecule has 10 nitrogen and oxygen atoms in total. The molecule has 2 fully saturated rings. The molecule has 4 rings (SSSR count). The maximum Gasteiger partial charge on any atom is 0.273 e. The number of nitro groups is 1. The van der Waals surface area contributed by atoms with Crippen LogP contribution in [-0.4, -0.2) is 58.4 Å². The van der Waals surface area contributed by atoms with Gasteiger partial charge in [-0.15, -0.1) is 0 Å². The highest BCUT2D eigenvalue weighted by Gasteiger charge is 2.40. The van der Waals surface area contributed by atoms with E-state index in [9.17, 15) is 24.1 Å². The topological polar surface area (TPSA) is 123 Å². The Balaban J connectivity index is 1.50. The average Bonchev–Trinajstić information content (AvgIpc) is 3.45. The third-order valence-electron chi connectivity index (χ3n) is 5.52. The third-order valence-corrected chi connectivity index (χ3v) is 6.70. The van der Waals surface area contributed by atoms with Crippen molar-refractivity contribution in [2.24, 2.45) is 4.99 Å². The number of aliphatic imine (C=N–C) groups is 1. The number of carbonyl (C=O) groups excluding carboxylic acids is 2.